The van der Waals surface area contributed by atoms with Crippen molar-refractivity contribution in [3.05, 3.63) is 0 Å². The minimum Gasteiger partial charge on any atom is -0.480 e. The van der Waals surface area contributed by atoms with E-state index in [1.165, 1.54) is 0 Å². The van der Waals surface area contributed by atoms with E-state index in [2.05, 4.69) is 0 Å². The standard InChI is InChI=1S/C11H23NO4S/c1-5-6-10(4)8-17(15,16)12(9(2)3)7-11(13)14/h9-10H,5-8H2,1-4H3,(H,13,14). The van der Waals surface area contributed by atoms with Crippen LogP contribution in [0.2, 0.25) is 0 Å². The monoisotopic (exact) mass is 265 g/mol. The van der Waals surface area contributed by atoms with Gasteiger partial charge in [-0.05, 0) is 26.2 Å². The van der Waals surface area contributed by atoms with Crippen LogP contribution in [0.1, 0.15) is 40.5 Å². The molecule has 0 fully saturated rings. The summed E-state index contributed by atoms with van der Waals surface area (Å²) in [6.45, 7) is 6.79. The van der Waals surface area contributed by atoms with Gasteiger partial charge >= 0.3 is 5.97 Å². The molecule has 0 aromatic heterocycles. The molecule has 0 aliphatic heterocycles. The second-order valence-corrected chi connectivity index (χ2v) is 6.67. The van der Waals surface area contributed by atoms with Crippen LogP contribution in [0.5, 0.6) is 0 Å². The normalized spacial score (nSPS) is 14.2. The molecule has 6 heteroatoms. The molecule has 0 aliphatic rings. The number of nitrogens with zero attached hydrogens (tertiary/aromatic N) is 1. The summed E-state index contributed by atoms with van der Waals surface area (Å²) in [5, 5.41) is 8.73. The molecule has 0 radical (unpaired) electrons. The van der Waals surface area contributed by atoms with Crippen molar-refractivity contribution in [2.24, 2.45) is 5.92 Å². The van der Waals surface area contributed by atoms with E-state index in [1.807, 2.05) is 13.8 Å². The zero-order chi connectivity index (χ0) is 13.6. The van der Waals surface area contributed by atoms with E-state index in [9.17, 15) is 13.2 Å². The van der Waals surface area contributed by atoms with Crippen LogP contribution in [-0.2, 0) is 14.8 Å². The van der Waals surface area contributed by atoms with Crippen LogP contribution < -0.4 is 0 Å². The van der Waals surface area contributed by atoms with Gasteiger partial charge < -0.3 is 5.11 Å². The molecule has 102 valence electrons. The number of rotatable bonds is 8. The maximum Gasteiger partial charge on any atom is 0.318 e. The molecule has 1 atom stereocenters. The summed E-state index contributed by atoms with van der Waals surface area (Å²) >= 11 is 0. The molecule has 1 N–H and O–H groups in total. The Hall–Kier alpha value is -0.620. The fourth-order valence-electron chi connectivity index (χ4n) is 1.77. The molecular formula is C11H23NO4S. The lowest BCUT2D eigenvalue weighted by atomic mass is 10.1. The predicted octanol–water partition coefficient (Wildman–Crippen LogP) is 1.55. The zero-order valence-corrected chi connectivity index (χ0v) is 11.8. The van der Waals surface area contributed by atoms with Gasteiger partial charge in [0.25, 0.3) is 0 Å². The second kappa shape index (κ2) is 6.96. The van der Waals surface area contributed by atoms with Gasteiger partial charge in [-0.3, -0.25) is 4.79 Å². The van der Waals surface area contributed by atoms with Gasteiger partial charge in [0.1, 0.15) is 6.54 Å². The summed E-state index contributed by atoms with van der Waals surface area (Å²) in [4.78, 5) is 10.7. The van der Waals surface area contributed by atoms with Gasteiger partial charge in [0.15, 0.2) is 0 Å². The summed E-state index contributed by atoms with van der Waals surface area (Å²) in [5.41, 5.74) is 0. The van der Waals surface area contributed by atoms with E-state index in [0.717, 1.165) is 17.1 Å². The van der Waals surface area contributed by atoms with Crippen molar-refractivity contribution in [2.45, 2.75) is 46.6 Å². The molecule has 1 unspecified atom stereocenters. The Morgan fingerprint density at radius 3 is 2.18 bits per heavy atom. The van der Waals surface area contributed by atoms with Gasteiger partial charge in [0, 0.05) is 6.04 Å². The van der Waals surface area contributed by atoms with Crippen LogP contribution in [0.3, 0.4) is 0 Å². The summed E-state index contributed by atoms with van der Waals surface area (Å²) in [6.07, 6.45) is 1.76. The Morgan fingerprint density at radius 2 is 1.82 bits per heavy atom. The van der Waals surface area contributed by atoms with E-state index in [1.54, 1.807) is 13.8 Å². The van der Waals surface area contributed by atoms with Crippen molar-refractivity contribution in [3.8, 4) is 0 Å². The number of sulfonamides is 1. The van der Waals surface area contributed by atoms with Crippen LogP contribution in [0.15, 0.2) is 0 Å². The third-order valence-electron chi connectivity index (χ3n) is 2.50. The lowest BCUT2D eigenvalue weighted by Crippen LogP contribution is -2.42. The first-order chi connectivity index (χ1) is 7.70. The molecule has 0 bridgehead atoms. The Morgan fingerprint density at radius 1 is 1.29 bits per heavy atom. The van der Waals surface area contributed by atoms with Gasteiger partial charge in [0.2, 0.25) is 10.0 Å². The zero-order valence-electron chi connectivity index (χ0n) is 11.0. The molecule has 17 heavy (non-hydrogen) atoms. The fourth-order valence-corrected chi connectivity index (χ4v) is 3.79. The molecule has 0 amide bonds. The minimum absolute atomic E-state index is 0.0201. The van der Waals surface area contributed by atoms with Crippen LogP contribution in [-0.4, -0.2) is 42.1 Å². The van der Waals surface area contributed by atoms with Gasteiger partial charge in [-0.1, -0.05) is 20.3 Å². The van der Waals surface area contributed by atoms with Crippen LogP contribution in [0, 0.1) is 5.92 Å². The van der Waals surface area contributed by atoms with Gasteiger partial charge in [-0.15, -0.1) is 0 Å². The predicted molar refractivity (Wildman–Crippen MR) is 67.3 cm³/mol. The van der Waals surface area contributed by atoms with Gasteiger partial charge in [-0.2, -0.15) is 4.31 Å². The van der Waals surface area contributed by atoms with E-state index in [4.69, 9.17) is 5.11 Å². The minimum atomic E-state index is -3.49. The quantitative estimate of drug-likeness (QED) is 0.722. The van der Waals surface area contributed by atoms with Crippen molar-refractivity contribution < 1.29 is 18.3 Å². The second-order valence-electron chi connectivity index (χ2n) is 4.71. The highest BCUT2D eigenvalue weighted by Gasteiger charge is 2.28. The summed E-state index contributed by atoms with van der Waals surface area (Å²) < 4.78 is 25.2. The number of aliphatic carboxylic acids is 1. The van der Waals surface area contributed by atoms with Gasteiger partial charge in [-0.25, -0.2) is 8.42 Å². The average molecular weight is 265 g/mol. The molecule has 0 saturated carbocycles. The van der Waals surface area contributed by atoms with Crippen molar-refractivity contribution in [3.63, 3.8) is 0 Å². The molecule has 0 aromatic carbocycles. The summed E-state index contributed by atoms with van der Waals surface area (Å²) in [7, 11) is -3.49. The topological polar surface area (TPSA) is 74.7 Å². The number of hydrogen-bond donors (Lipinski definition) is 1. The number of carbonyl (C=O) groups is 1. The molecular weight excluding hydrogens is 242 g/mol. The maximum atomic E-state index is 12.1. The van der Waals surface area contributed by atoms with Crippen LogP contribution in [0.4, 0.5) is 0 Å². The first-order valence-corrected chi connectivity index (χ1v) is 7.53. The first kappa shape index (κ1) is 16.4. The Kier molecular flexibility index (Phi) is 6.70. The van der Waals surface area contributed by atoms with Gasteiger partial charge in [0.05, 0.1) is 5.75 Å². The SMILES string of the molecule is CCCC(C)CS(=O)(=O)N(CC(=O)O)C(C)C. The third kappa shape index (κ3) is 6.02. The fraction of sp³-hybridized carbons (Fsp3) is 0.909. The van der Waals surface area contributed by atoms with Crippen molar-refractivity contribution in [2.75, 3.05) is 12.3 Å². The highest BCUT2D eigenvalue weighted by molar-refractivity contribution is 7.89. The van der Waals surface area contributed by atoms with E-state index in [-0.39, 0.29) is 17.7 Å². The summed E-state index contributed by atoms with van der Waals surface area (Å²) in [6, 6.07) is -0.329. The van der Waals surface area contributed by atoms with Crippen molar-refractivity contribution in [1.82, 2.24) is 4.31 Å². The smallest absolute Gasteiger partial charge is 0.318 e. The van der Waals surface area contributed by atoms with E-state index >= 15 is 0 Å². The first-order valence-electron chi connectivity index (χ1n) is 5.92. The molecule has 0 aromatic rings. The summed E-state index contributed by atoms with van der Waals surface area (Å²) in [5.74, 6) is -1.04. The highest BCUT2D eigenvalue weighted by Crippen LogP contribution is 2.14. The van der Waals surface area contributed by atoms with Crippen molar-refractivity contribution in [1.29, 1.82) is 0 Å². The maximum absolute atomic E-state index is 12.1. The van der Waals surface area contributed by atoms with E-state index < -0.39 is 22.5 Å². The molecule has 0 rings (SSSR count). The lowest BCUT2D eigenvalue weighted by Gasteiger charge is -2.25. The van der Waals surface area contributed by atoms with Crippen LogP contribution in [0.25, 0.3) is 0 Å². The lowest BCUT2D eigenvalue weighted by molar-refractivity contribution is -0.137. The number of hydrogen-bond acceptors (Lipinski definition) is 3. The largest absolute Gasteiger partial charge is 0.480 e. The Bertz CT molecular complexity index is 337. The Balaban J connectivity index is 4.78. The number of carboxylic acid groups (broad SMARTS) is 1. The van der Waals surface area contributed by atoms with E-state index in [0.29, 0.717) is 0 Å². The highest BCUT2D eigenvalue weighted by atomic mass is 32.2. The molecule has 0 spiro atoms. The van der Waals surface area contributed by atoms with Crippen molar-refractivity contribution >= 4 is 16.0 Å². The average Bonchev–Trinajstić information content (AvgIpc) is 2.12. The molecule has 5 nitrogen and oxygen atoms in total. The third-order valence-corrected chi connectivity index (χ3v) is 4.76. The number of carboxylic acids is 1. The Labute approximate surface area is 104 Å². The van der Waals surface area contributed by atoms with Crippen LogP contribution >= 0.6 is 0 Å². The molecule has 0 heterocycles. The molecule has 0 aliphatic carbocycles. The molecule has 0 saturated heterocycles.